The molecule has 0 heterocycles. The standard InChI is InChI=1S/C12H11FN2O4/c1-2-19-12(16)5-3-4-8-6-11(15(17)18)10(14)7-9(8)13/h6-7H,2,5,14H2,1H3. The number of carbonyl (C=O) groups is 1. The minimum Gasteiger partial charge on any atom is -0.465 e. The second-order valence-electron chi connectivity index (χ2n) is 3.43. The Morgan fingerprint density at radius 3 is 2.84 bits per heavy atom. The lowest BCUT2D eigenvalue weighted by Crippen LogP contribution is -2.02. The van der Waals surface area contributed by atoms with Gasteiger partial charge in [-0.1, -0.05) is 11.8 Å². The van der Waals surface area contributed by atoms with Gasteiger partial charge in [-0.3, -0.25) is 14.9 Å². The summed E-state index contributed by atoms with van der Waals surface area (Å²) in [5.74, 6) is 3.40. The van der Waals surface area contributed by atoms with Gasteiger partial charge in [-0.05, 0) is 6.92 Å². The third kappa shape index (κ3) is 3.96. The van der Waals surface area contributed by atoms with Gasteiger partial charge in [0, 0.05) is 12.1 Å². The van der Waals surface area contributed by atoms with Crippen LogP contribution in [0.1, 0.15) is 18.9 Å². The van der Waals surface area contributed by atoms with Crippen LogP contribution < -0.4 is 5.73 Å². The Morgan fingerprint density at radius 1 is 1.58 bits per heavy atom. The number of ether oxygens (including phenoxy) is 1. The van der Waals surface area contributed by atoms with Crippen molar-refractivity contribution in [2.24, 2.45) is 0 Å². The Balaban J connectivity index is 2.96. The van der Waals surface area contributed by atoms with Crippen molar-refractivity contribution in [2.75, 3.05) is 12.3 Å². The molecule has 0 radical (unpaired) electrons. The lowest BCUT2D eigenvalue weighted by Gasteiger charge is -1.99. The molecule has 0 saturated carbocycles. The number of nitrogen functional groups attached to an aromatic ring is 1. The largest absolute Gasteiger partial charge is 0.465 e. The second-order valence-corrected chi connectivity index (χ2v) is 3.43. The molecule has 0 fully saturated rings. The minimum atomic E-state index is -0.778. The number of hydrogen-bond donors (Lipinski definition) is 1. The lowest BCUT2D eigenvalue weighted by atomic mass is 10.1. The van der Waals surface area contributed by atoms with Crippen molar-refractivity contribution in [2.45, 2.75) is 13.3 Å². The van der Waals surface area contributed by atoms with Crippen LogP contribution in [0.25, 0.3) is 0 Å². The Labute approximate surface area is 108 Å². The fourth-order valence-electron chi connectivity index (χ4n) is 1.25. The van der Waals surface area contributed by atoms with E-state index in [2.05, 4.69) is 16.6 Å². The summed E-state index contributed by atoms with van der Waals surface area (Å²) in [7, 11) is 0. The molecule has 0 aliphatic heterocycles. The minimum absolute atomic E-state index is 0.190. The number of nitrogens with zero attached hydrogens (tertiary/aromatic N) is 1. The summed E-state index contributed by atoms with van der Waals surface area (Å²) in [5, 5.41) is 10.6. The molecule has 0 bridgehead atoms. The highest BCUT2D eigenvalue weighted by Crippen LogP contribution is 2.24. The van der Waals surface area contributed by atoms with Crippen LogP contribution in [-0.2, 0) is 9.53 Å². The molecule has 1 rings (SSSR count). The van der Waals surface area contributed by atoms with Crippen LogP contribution in [0.4, 0.5) is 15.8 Å². The molecule has 0 amide bonds. The normalized spacial score (nSPS) is 9.37. The molecule has 1 aromatic carbocycles. The summed E-state index contributed by atoms with van der Waals surface area (Å²) in [6.07, 6.45) is -0.217. The van der Waals surface area contributed by atoms with Gasteiger partial charge >= 0.3 is 5.97 Å². The summed E-state index contributed by atoms with van der Waals surface area (Å²) < 4.78 is 18.1. The van der Waals surface area contributed by atoms with E-state index < -0.39 is 22.4 Å². The van der Waals surface area contributed by atoms with Crippen LogP contribution in [-0.4, -0.2) is 17.5 Å². The smallest absolute Gasteiger partial charge is 0.317 e. The molecule has 6 nitrogen and oxygen atoms in total. The third-order valence-electron chi connectivity index (χ3n) is 2.07. The van der Waals surface area contributed by atoms with Crippen molar-refractivity contribution >= 4 is 17.3 Å². The summed E-state index contributed by atoms with van der Waals surface area (Å²) >= 11 is 0. The van der Waals surface area contributed by atoms with Crippen LogP contribution in [0.3, 0.4) is 0 Å². The van der Waals surface area contributed by atoms with Gasteiger partial charge in [-0.2, -0.15) is 0 Å². The maximum Gasteiger partial charge on any atom is 0.317 e. The molecular weight excluding hydrogens is 255 g/mol. The van der Waals surface area contributed by atoms with E-state index in [0.717, 1.165) is 12.1 Å². The van der Waals surface area contributed by atoms with Crippen LogP contribution in [0.5, 0.6) is 0 Å². The van der Waals surface area contributed by atoms with E-state index in [1.54, 1.807) is 6.92 Å². The number of rotatable bonds is 3. The monoisotopic (exact) mass is 266 g/mol. The molecule has 2 N–H and O–H groups in total. The average Bonchev–Trinajstić information content (AvgIpc) is 2.31. The molecule has 0 atom stereocenters. The second kappa shape index (κ2) is 6.35. The van der Waals surface area contributed by atoms with Gasteiger partial charge in [-0.25, -0.2) is 4.39 Å². The van der Waals surface area contributed by atoms with E-state index in [4.69, 9.17) is 5.73 Å². The molecule has 0 spiro atoms. The van der Waals surface area contributed by atoms with E-state index in [9.17, 15) is 19.3 Å². The Hall–Kier alpha value is -2.62. The fourth-order valence-corrected chi connectivity index (χ4v) is 1.25. The van der Waals surface area contributed by atoms with E-state index in [1.165, 1.54) is 0 Å². The van der Waals surface area contributed by atoms with E-state index in [-0.39, 0.29) is 24.3 Å². The van der Waals surface area contributed by atoms with Crippen molar-refractivity contribution in [1.29, 1.82) is 0 Å². The molecule has 0 aromatic heterocycles. The number of carbonyl (C=O) groups excluding carboxylic acids is 1. The maximum absolute atomic E-state index is 13.4. The SMILES string of the molecule is CCOC(=O)CC#Cc1cc([N+](=O)[O-])c(N)cc1F. The fraction of sp³-hybridized carbons (Fsp3) is 0.250. The summed E-state index contributed by atoms with van der Waals surface area (Å²) in [5.41, 5.74) is 4.41. The van der Waals surface area contributed by atoms with Gasteiger partial charge in [-0.15, -0.1) is 0 Å². The Morgan fingerprint density at radius 2 is 2.26 bits per heavy atom. The van der Waals surface area contributed by atoms with Gasteiger partial charge in [0.05, 0.1) is 17.1 Å². The summed E-state index contributed by atoms with van der Waals surface area (Å²) in [4.78, 5) is 20.9. The Kier molecular flexibility index (Phi) is 4.83. The number of esters is 1. The number of hydrogen-bond acceptors (Lipinski definition) is 5. The highest BCUT2D eigenvalue weighted by molar-refractivity contribution is 5.72. The molecule has 7 heteroatoms. The van der Waals surface area contributed by atoms with Crippen molar-refractivity contribution in [3.63, 3.8) is 0 Å². The lowest BCUT2D eigenvalue weighted by molar-refractivity contribution is -0.384. The first-order chi connectivity index (χ1) is 8.95. The van der Waals surface area contributed by atoms with Crippen LogP contribution in [0.2, 0.25) is 0 Å². The third-order valence-corrected chi connectivity index (χ3v) is 2.07. The van der Waals surface area contributed by atoms with Gasteiger partial charge in [0.2, 0.25) is 0 Å². The number of halogens is 1. The highest BCUT2D eigenvalue weighted by atomic mass is 19.1. The molecule has 1 aromatic rings. The van der Waals surface area contributed by atoms with Crippen LogP contribution >= 0.6 is 0 Å². The molecule has 100 valence electrons. The van der Waals surface area contributed by atoms with Crippen molar-refractivity contribution in [3.05, 3.63) is 33.6 Å². The number of benzene rings is 1. The first-order valence-corrected chi connectivity index (χ1v) is 5.33. The zero-order chi connectivity index (χ0) is 14.4. The molecule has 0 aliphatic carbocycles. The quantitative estimate of drug-likeness (QED) is 0.295. The summed E-state index contributed by atoms with van der Waals surface area (Å²) in [6, 6.07) is 1.76. The highest BCUT2D eigenvalue weighted by Gasteiger charge is 2.15. The van der Waals surface area contributed by atoms with E-state index in [0.29, 0.717) is 0 Å². The zero-order valence-electron chi connectivity index (χ0n) is 10.1. The average molecular weight is 266 g/mol. The van der Waals surface area contributed by atoms with Crippen molar-refractivity contribution in [3.8, 4) is 11.8 Å². The molecular formula is C12H11FN2O4. The molecule has 0 unspecified atom stereocenters. The predicted molar refractivity (Wildman–Crippen MR) is 65.6 cm³/mol. The number of nitro benzene ring substituents is 1. The maximum atomic E-state index is 13.4. The van der Waals surface area contributed by atoms with E-state index >= 15 is 0 Å². The zero-order valence-corrected chi connectivity index (χ0v) is 10.1. The van der Waals surface area contributed by atoms with Crippen LogP contribution in [0.15, 0.2) is 12.1 Å². The molecule has 0 saturated heterocycles. The Bertz CT molecular complexity index is 575. The molecule has 0 aliphatic rings. The topological polar surface area (TPSA) is 95.5 Å². The van der Waals surface area contributed by atoms with Gasteiger partial charge < -0.3 is 10.5 Å². The number of nitro groups is 1. The summed E-state index contributed by atoms with van der Waals surface area (Å²) in [6.45, 7) is 1.87. The van der Waals surface area contributed by atoms with E-state index in [1.807, 2.05) is 0 Å². The van der Waals surface area contributed by atoms with Gasteiger partial charge in [0.25, 0.3) is 5.69 Å². The molecule has 19 heavy (non-hydrogen) atoms. The van der Waals surface area contributed by atoms with Crippen molar-refractivity contribution < 1.29 is 18.8 Å². The van der Waals surface area contributed by atoms with Gasteiger partial charge in [0.15, 0.2) is 0 Å². The first kappa shape index (κ1) is 14.4. The van der Waals surface area contributed by atoms with Crippen molar-refractivity contribution in [1.82, 2.24) is 0 Å². The number of anilines is 1. The van der Waals surface area contributed by atoms with Gasteiger partial charge in [0.1, 0.15) is 17.9 Å². The first-order valence-electron chi connectivity index (χ1n) is 5.33. The number of nitrogens with two attached hydrogens (primary N) is 1. The predicted octanol–water partition coefficient (Wildman–Crippen LogP) is 1.62. The van der Waals surface area contributed by atoms with Crippen LogP contribution in [0, 0.1) is 27.8 Å².